The molecule has 1 fully saturated rings. The maximum Gasteiger partial charge on any atom is 0.407 e. The Balaban J connectivity index is 1.31. The Labute approximate surface area is 278 Å². The largest absolute Gasteiger partial charge is 0.481 e. The van der Waals surface area contributed by atoms with Crippen molar-refractivity contribution in [3.05, 3.63) is 76.5 Å². The number of alkyl carbamates (subject to hydrolysis) is 1. The van der Waals surface area contributed by atoms with Gasteiger partial charge < -0.3 is 25.4 Å². The molecule has 3 N–H and O–H groups in total. The number of nitrogens with one attached hydrogen (secondary N) is 3. The summed E-state index contributed by atoms with van der Waals surface area (Å²) >= 11 is 14.0. The van der Waals surface area contributed by atoms with Gasteiger partial charge in [-0.1, -0.05) is 65.7 Å². The Bertz CT molecular complexity index is 1720. The Kier molecular flexibility index (Phi) is 10.5. The van der Waals surface area contributed by atoms with Crippen LogP contribution in [0.25, 0.3) is 33.5 Å². The highest BCUT2D eigenvalue weighted by atomic mass is 35.5. The van der Waals surface area contributed by atoms with Gasteiger partial charge in [0.15, 0.2) is 0 Å². The van der Waals surface area contributed by atoms with Crippen LogP contribution in [0.3, 0.4) is 0 Å². The summed E-state index contributed by atoms with van der Waals surface area (Å²) in [5.41, 5.74) is 4.95. The monoisotopic (exact) mass is 664 g/mol. The lowest BCUT2D eigenvalue weighted by Crippen LogP contribution is -2.35. The highest BCUT2D eigenvalue weighted by Crippen LogP contribution is 2.42. The SMILES string of the molecule is COc1nc(-c2cccc(-c3cccc(-c4cnn(CCNC(=O)OC(C)(C)C)c4)c3Cl)c2Cl)ccc1CNC[C@@H]1CCC(=O)N1. The highest BCUT2D eigenvalue weighted by molar-refractivity contribution is 6.39. The first-order chi connectivity index (χ1) is 22.0. The molecule has 5 rings (SSSR count). The molecule has 2 amide bonds. The van der Waals surface area contributed by atoms with Gasteiger partial charge in [-0.3, -0.25) is 9.48 Å². The molecule has 46 heavy (non-hydrogen) atoms. The average molecular weight is 666 g/mol. The van der Waals surface area contributed by atoms with Gasteiger partial charge in [0, 0.05) is 71.7 Å². The molecule has 0 spiro atoms. The zero-order chi connectivity index (χ0) is 32.8. The molecule has 242 valence electrons. The van der Waals surface area contributed by atoms with E-state index in [2.05, 4.69) is 21.0 Å². The van der Waals surface area contributed by atoms with Gasteiger partial charge in [0.2, 0.25) is 11.8 Å². The fourth-order valence-corrected chi connectivity index (χ4v) is 5.92. The van der Waals surface area contributed by atoms with E-state index in [1.165, 1.54) is 0 Å². The van der Waals surface area contributed by atoms with Crippen molar-refractivity contribution in [2.75, 3.05) is 20.2 Å². The van der Waals surface area contributed by atoms with Gasteiger partial charge in [-0.25, -0.2) is 9.78 Å². The summed E-state index contributed by atoms with van der Waals surface area (Å²) in [5.74, 6) is 0.598. The second-order valence-corrected chi connectivity index (χ2v) is 12.8. The summed E-state index contributed by atoms with van der Waals surface area (Å²) in [6, 6.07) is 15.6. The molecular formula is C34H38Cl2N6O4. The molecule has 1 atom stereocenters. The van der Waals surface area contributed by atoms with Crippen LogP contribution in [0.1, 0.15) is 39.2 Å². The lowest BCUT2D eigenvalue weighted by Gasteiger charge is -2.19. The van der Waals surface area contributed by atoms with Gasteiger partial charge in [0.05, 0.1) is 35.6 Å². The number of benzene rings is 2. The van der Waals surface area contributed by atoms with Crippen LogP contribution in [0.15, 0.2) is 60.9 Å². The van der Waals surface area contributed by atoms with Crippen LogP contribution < -0.4 is 20.7 Å². The van der Waals surface area contributed by atoms with Crippen molar-refractivity contribution in [2.24, 2.45) is 0 Å². The lowest BCUT2D eigenvalue weighted by atomic mass is 9.97. The van der Waals surface area contributed by atoms with Crippen LogP contribution >= 0.6 is 23.2 Å². The molecular weight excluding hydrogens is 627 g/mol. The van der Waals surface area contributed by atoms with Crippen molar-refractivity contribution >= 4 is 35.2 Å². The lowest BCUT2D eigenvalue weighted by molar-refractivity contribution is -0.119. The molecule has 0 aliphatic carbocycles. The second-order valence-electron chi connectivity index (χ2n) is 12.1. The molecule has 10 nitrogen and oxygen atoms in total. The fourth-order valence-electron chi connectivity index (χ4n) is 5.25. The number of amides is 2. The summed E-state index contributed by atoms with van der Waals surface area (Å²) in [7, 11) is 1.59. The number of rotatable bonds is 11. The predicted octanol–water partition coefficient (Wildman–Crippen LogP) is 6.49. The van der Waals surface area contributed by atoms with Crippen molar-refractivity contribution in [1.29, 1.82) is 0 Å². The minimum absolute atomic E-state index is 0.0974. The summed E-state index contributed by atoms with van der Waals surface area (Å²) < 4.78 is 12.7. The number of halogens is 2. The molecule has 0 unspecified atom stereocenters. The van der Waals surface area contributed by atoms with Crippen LogP contribution in [0.2, 0.25) is 10.0 Å². The molecule has 1 aliphatic heterocycles. The van der Waals surface area contributed by atoms with Crippen molar-refractivity contribution in [1.82, 2.24) is 30.7 Å². The maximum absolute atomic E-state index is 12.0. The van der Waals surface area contributed by atoms with Crippen molar-refractivity contribution in [2.45, 2.75) is 58.3 Å². The predicted molar refractivity (Wildman–Crippen MR) is 180 cm³/mol. The van der Waals surface area contributed by atoms with E-state index in [0.29, 0.717) is 54.2 Å². The minimum Gasteiger partial charge on any atom is -0.481 e. The zero-order valence-corrected chi connectivity index (χ0v) is 27.8. The van der Waals surface area contributed by atoms with Gasteiger partial charge in [-0.2, -0.15) is 5.10 Å². The quantitative estimate of drug-likeness (QED) is 0.168. The molecule has 2 aromatic carbocycles. The van der Waals surface area contributed by atoms with Crippen LogP contribution in [0.4, 0.5) is 4.79 Å². The van der Waals surface area contributed by atoms with E-state index in [1.54, 1.807) is 18.0 Å². The van der Waals surface area contributed by atoms with E-state index in [1.807, 2.05) is 75.5 Å². The van der Waals surface area contributed by atoms with E-state index in [0.717, 1.165) is 39.8 Å². The number of ether oxygens (including phenoxy) is 2. The third-order valence-electron chi connectivity index (χ3n) is 7.44. The Morgan fingerprint density at radius 1 is 1.04 bits per heavy atom. The molecule has 12 heteroatoms. The Hall–Kier alpha value is -4.12. The first-order valence-electron chi connectivity index (χ1n) is 15.1. The Morgan fingerprint density at radius 2 is 1.74 bits per heavy atom. The van der Waals surface area contributed by atoms with E-state index in [-0.39, 0.29) is 11.9 Å². The molecule has 0 saturated carbocycles. The van der Waals surface area contributed by atoms with Crippen molar-refractivity contribution in [3.63, 3.8) is 0 Å². The third-order valence-corrected chi connectivity index (χ3v) is 8.25. The smallest absolute Gasteiger partial charge is 0.407 e. The first kappa shape index (κ1) is 33.2. The van der Waals surface area contributed by atoms with Crippen molar-refractivity contribution in [3.8, 4) is 39.4 Å². The number of methoxy groups -OCH3 is 1. The number of hydrogen-bond acceptors (Lipinski definition) is 7. The Morgan fingerprint density at radius 3 is 2.41 bits per heavy atom. The first-order valence-corrected chi connectivity index (χ1v) is 15.9. The zero-order valence-electron chi connectivity index (χ0n) is 26.3. The van der Waals surface area contributed by atoms with Gasteiger partial charge in [-0.05, 0) is 33.3 Å². The van der Waals surface area contributed by atoms with E-state index < -0.39 is 11.7 Å². The second kappa shape index (κ2) is 14.5. The average Bonchev–Trinajstić information content (AvgIpc) is 3.65. The topological polar surface area (TPSA) is 119 Å². The third kappa shape index (κ3) is 8.17. The van der Waals surface area contributed by atoms with Crippen LogP contribution in [0, 0.1) is 0 Å². The van der Waals surface area contributed by atoms with Gasteiger partial charge in [0.1, 0.15) is 5.60 Å². The maximum atomic E-state index is 12.0. The molecule has 3 heterocycles. The molecule has 1 aliphatic rings. The summed E-state index contributed by atoms with van der Waals surface area (Å²) in [6.07, 6.45) is 4.56. The molecule has 0 bridgehead atoms. The van der Waals surface area contributed by atoms with E-state index in [9.17, 15) is 9.59 Å². The number of pyridine rings is 1. The number of carbonyl (C=O) groups is 2. The number of aromatic nitrogens is 3. The number of nitrogens with zero attached hydrogens (tertiary/aromatic N) is 3. The van der Waals surface area contributed by atoms with Crippen LogP contribution in [0.5, 0.6) is 5.88 Å². The van der Waals surface area contributed by atoms with E-state index in [4.69, 9.17) is 37.7 Å². The van der Waals surface area contributed by atoms with Crippen LogP contribution in [-0.4, -0.2) is 58.6 Å². The summed E-state index contributed by atoms with van der Waals surface area (Å²) in [6.45, 7) is 7.52. The highest BCUT2D eigenvalue weighted by Gasteiger charge is 2.21. The molecule has 2 aromatic heterocycles. The van der Waals surface area contributed by atoms with Crippen molar-refractivity contribution < 1.29 is 19.1 Å². The number of carbonyl (C=O) groups excluding carboxylic acids is 2. The number of hydrogen-bond donors (Lipinski definition) is 3. The van der Waals surface area contributed by atoms with Gasteiger partial charge in [0.25, 0.3) is 0 Å². The standard InChI is InChI=1S/C34H38Cl2N6O4/c1-34(2,3)46-33(44)38-15-16-42-20-22(18-39-42)24-7-5-8-25(30(24)35)26-9-6-10-27(31(26)36)28-13-11-21(32(41-28)45-4)17-37-19-23-12-14-29(43)40-23/h5-11,13,18,20,23,37H,12,14-17,19H2,1-4H3,(H,38,44)(H,40,43)/t23-/m0/s1. The van der Waals surface area contributed by atoms with Crippen LogP contribution in [-0.2, 0) is 22.6 Å². The minimum atomic E-state index is -0.559. The normalized spacial score (nSPS) is 14.7. The molecule has 1 saturated heterocycles. The van der Waals surface area contributed by atoms with Gasteiger partial charge >= 0.3 is 6.09 Å². The summed E-state index contributed by atoms with van der Waals surface area (Å²) in [5, 5.41) is 14.6. The molecule has 0 radical (unpaired) electrons. The molecule has 4 aromatic rings. The van der Waals surface area contributed by atoms with Gasteiger partial charge in [-0.15, -0.1) is 0 Å². The van der Waals surface area contributed by atoms with E-state index >= 15 is 0 Å². The summed E-state index contributed by atoms with van der Waals surface area (Å²) in [4.78, 5) is 28.2. The fraction of sp³-hybridized carbons (Fsp3) is 0.353.